The Bertz CT molecular complexity index is 982. The minimum atomic E-state index is -0.767. The van der Waals surface area contributed by atoms with Gasteiger partial charge in [0.05, 0.1) is 12.1 Å². The SMILES string of the molecule is COC(=O)[C@@H](Cc1c[nH]c2ccccc12)N=Cc1cc(Cl)cc(Cl)c1O. The Kier molecular flexibility index (Phi) is 5.49. The molecular weight excluding hydrogens is 375 g/mol. The number of para-hydroxylation sites is 1. The fourth-order valence-electron chi connectivity index (χ4n) is 2.70. The highest BCUT2D eigenvalue weighted by Gasteiger charge is 2.20. The van der Waals surface area contributed by atoms with E-state index in [2.05, 4.69) is 9.98 Å². The van der Waals surface area contributed by atoms with Crippen molar-refractivity contribution in [2.45, 2.75) is 12.5 Å². The van der Waals surface area contributed by atoms with Gasteiger partial charge in [0, 0.05) is 40.3 Å². The largest absolute Gasteiger partial charge is 0.506 e. The molecule has 0 amide bonds. The molecule has 0 aliphatic rings. The highest BCUT2D eigenvalue weighted by atomic mass is 35.5. The number of nitrogens with zero attached hydrogens (tertiary/aromatic N) is 1. The van der Waals surface area contributed by atoms with Crippen LogP contribution in [-0.2, 0) is 16.0 Å². The van der Waals surface area contributed by atoms with E-state index in [9.17, 15) is 9.90 Å². The number of phenolic OH excluding ortho intramolecular Hbond substituents is 1. The quantitative estimate of drug-likeness (QED) is 0.501. The molecule has 3 rings (SSSR count). The maximum Gasteiger partial charge on any atom is 0.330 e. The Labute approximate surface area is 160 Å². The highest BCUT2D eigenvalue weighted by molar-refractivity contribution is 6.36. The van der Waals surface area contributed by atoms with Gasteiger partial charge < -0.3 is 14.8 Å². The summed E-state index contributed by atoms with van der Waals surface area (Å²) in [5, 5.41) is 11.5. The minimum Gasteiger partial charge on any atom is -0.506 e. The number of aromatic hydroxyl groups is 1. The number of phenols is 1. The fourth-order valence-corrected chi connectivity index (χ4v) is 3.21. The molecule has 0 aliphatic heterocycles. The summed E-state index contributed by atoms with van der Waals surface area (Å²) < 4.78 is 4.86. The number of benzene rings is 2. The van der Waals surface area contributed by atoms with Crippen molar-refractivity contribution < 1.29 is 14.6 Å². The molecule has 0 radical (unpaired) electrons. The van der Waals surface area contributed by atoms with Gasteiger partial charge in [-0.25, -0.2) is 4.79 Å². The smallest absolute Gasteiger partial charge is 0.330 e. The van der Waals surface area contributed by atoms with E-state index in [-0.39, 0.29) is 10.8 Å². The van der Waals surface area contributed by atoms with E-state index in [1.54, 1.807) is 0 Å². The van der Waals surface area contributed by atoms with Crippen LogP contribution in [0.1, 0.15) is 11.1 Å². The Morgan fingerprint density at radius 1 is 1.35 bits per heavy atom. The number of aliphatic imine (C=N–C) groups is 1. The van der Waals surface area contributed by atoms with Crippen molar-refractivity contribution in [2.24, 2.45) is 4.99 Å². The number of methoxy groups -OCH3 is 1. The lowest BCUT2D eigenvalue weighted by atomic mass is 10.1. The number of aromatic amines is 1. The Hall–Kier alpha value is -2.50. The van der Waals surface area contributed by atoms with Crippen LogP contribution in [0.2, 0.25) is 10.0 Å². The fraction of sp³-hybridized carbons (Fsp3) is 0.158. The van der Waals surface area contributed by atoms with Gasteiger partial charge in [0.25, 0.3) is 0 Å². The van der Waals surface area contributed by atoms with Crippen LogP contribution in [0.15, 0.2) is 47.6 Å². The van der Waals surface area contributed by atoms with Gasteiger partial charge in [0.15, 0.2) is 6.04 Å². The molecule has 5 nitrogen and oxygen atoms in total. The average Bonchev–Trinajstić information content (AvgIpc) is 3.04. The highest BCUT2D eigenvalue weighted by Crippen LogP contribution is 2.30. The van der Waals surface area contributed by atoms with E-state index in [1.165, 1.54) is 25.5 Å². The van der Waals surface area contributed by atoms with E-state index in [0.29, 0.717) is 17.0 Å². The van der Waals surface area contributed by atoms with Crippen LogP contribution in [0.25, 0.3) is 10.9 Å². The molecule has 0 fully saturated rings. The van der Waals surface area contributed by atoms with Crippen LogP contribution in [0.5, 0.6) is 5.75 Å². The first-order valence-electron chi connectivity index (χ1n) is 7.83. The third-order valence-electron chi connectivity index (χ3n) is 4.01. The molecule has 0 bridgehead atoms. The zero-order valence-corrected chi connectivity index (χ0v) is 15.4. The molecule has 134 valence electrons. The van der Waals surface area contributed by atoms with Crippen molar-refractivity contribution in [1.29, 1.82) is 0 Å². The number of ether oxygens (including phenoxy) is 1. The number of carbonyl (C=O) groups excluding carboxylic acids is 1. The van der Waals surface area contributed by atoms with Gasteiger partial charge in [-0.1, -0.05) is 41.4 Å². The molecule has 0 unspecified atom stereocenters. The molecule has 3 aromatic rings. The minimum absolute atomic E-state index is 0.116. The second-order valence-electron chi connectivity index (χ2n) is 5.71. The number of fused-ring (bicyclic) bond motifs is 1. The Morgan fingerprint density at radius 2 is 2.12 bits per heavy atom. The first-order chi connectivity index (χ1) is 12.5. The average molecular weight is 391 g/mol. The molecule has 1 aromatic heterocycles. The third kappa shape index (κ3) is 3.84. The Balaban J connectivity index is 1.91. The number of halogens is 2. The lowest BCUT2D eigenvalue weighted by molar-refractivity contribution is -0.142. The molecule has 2 aromatic carbocycles. The van der Waals surface area contributed by atoms with E-state index < -0.39 is 12.0 Å². The van der Waals surface area contributed by atoms with E-state index in [0.717, 1.165) is 16.5 Å². The van der Waals surface area contributed by atoms with Crippen LogP contribution in [0.3, 0.4) is 0 Å². The summed E-state index contributed by atoms with van der Waals surface area (Å²) in [6, 6.07) is 9.98. The number of rotatable bonds is 5. The van der Waals surface area contributed by atoms with Crippen molar-refractivity contribution >= 4 is 46.3 Å². The van der Waals surface area contributed by atoms with Gasteiger partial charge in [-0.15, -0.1) is 0 Å². The van der Waals surface area contributed by atoms with Crippen LogP contribution >= 0.6 is 23.2 Å². The maximum atomic E-state index is 12.2. The zero-order valence-electron chi connectivity index (χ0n) is 13.9. The molecule has 1 atom stereocenters. The van der Waals surface area contributed by atoms with Gasteiger partial charge in [-0.2, -0.15) is 0 Å². The lowest BCUT2D eigenvalue weighted by Crippen LogP contribution is -2.23. The van der Waals surface area contributed by atoms with Gasteiger partial charge >= 0.3 is 5.97 Å². The van der Waals surface area contributed by atoms with E-state index in [1.807, 2.05) is 30.5 Å². The number of H-pyrrole nitrogens is 1. The molecule has 0 aliphatic carbocycles. The second kappa shape index (κ2) is 7.81. The standard InChI is InChI=1S/C19H16Cl2N2O3/c1-26-19(25)17(7-11-9-22-16-5-3-2-4-14(11)16)23-10-12-6-13(20)8-15(21)18(12)24/h2-6,8-10,17,22,24H,7H2,1H3/t17-/m1/s1. The topological polar surface area (TPSA) is 74.7 Å². The first kappa shape index (κ1) is 18.3. The van der Waals surface area contributed by atoms with Crippen molar-refractivity contribution in [3.05, 3.63) is 63.8 Å². The maximum absolute atomic E-state index is 12.2. The van der Waals surface area contributed by atoms with Gasteiger partial charge in [0.2, 0.25) is 0 Å². The number of aromatic nitrogens is 1. The zero-order chi connectivity index (χ0) is 18.7. The van der Waals surface area contributed by atoms with Crippen molar-refractivity contribution in [3.63, 3.8) is 0 Å². The third-order valence-corrected chi connectivity index (χ3v) is 4.52. The summed E-state index contributed by atoms with van der Waals surface area (Å²) >= 11 is 11.9. The number of esters is 1. The predicted molar refractivity (Wildman–Crippen MR) is 104 cm³/mol. The summed E-state index contributed by atoms with van der Waals surface area (Å²) in [7, 11) is 1.31. The van der Waals surface area contributed by atoms with Crippen LogP contribution in [0.4, 0.5) is 0 Å². The molecule has 0 saturated carbocycles. The molecule has 2 N–H and O–H groups in total. The molecule has 26 heavy (non-hydrogen) atoms. The molecular formula is C19H16Cl2N2O3. The van der Waals surface area contributed by atoms with Crippen LogP contribution in [0, 0.1) is 0 Å². The van der Waals surface area contributed by atoms with Gasteiger partial charge in [-0.05, 0) is 23.8 Å². The first-order valence-corrected chi connectivity index (χ1v) is 8.59. The number of nitrogens with one attached hydrogen (secondary N) is 1. The van der Waals surface area contributed by atoms with Crippen molar-refractivity contribution in [3.8, 4) is 5.75 Å². The van der Waals surface area contributed by atoms with Crippen molar-refractivity contribution in [1.82, 2.24) is 4.98 Å². The number of hydrogen-bond acceptors (Lipinski definition) is 4. The summed E-state index contributed by atoms with van der Waals surface area (Å²) in [5.74, 6) is -0.616. The molecule has 7 heteroatoms. The summed E-state index contributed by atoms with van der Waals surface area (Å²) in [6.45, 7) is 0. The molecule has 0 spiro atoms. The number of carbonyl (C=O) groups is 1. The summed E-state index contributed by atoms with van der Waals surface area (Å²) in [4.78, 5) is 19.6. The predicted octanol–water partition coefficient (Wildman–Crippen LogP) is 4.38. The molecule has 1 heterocycles. The lowest BCUT2D eigenvalue weighted by Gasteiger charge is -2.10. The number of hydrogen-bond donors (Lipinski definition) is 2. The molecule has 0 saturated heterocycles. The summed E-state index contributed by atoms with van der Waals surface area (Å²) in [6.07, 6.45) is 3.58. The van der Waals surface area contributed by atoms with E-state index >= 15 is 0 Å². The van der Waals surface area contributed by atoms with Gasteiger partial charge in [0.1, 0.15) is 5.75 Å². The van der Waals surface area contributed by atoms with Crippen LogP contribution < -0.4 is 0 Å². The monoisotopic (exact) mass is 390 g/mol. The van der Waals surface area contributed by atoms with Crippen LogP contribution in [-0.4, -0.2) is 35.4 Å². The van der Waals surface area contributed by atoms with E-state index in [4.69, 9.17) is 27.9 Å². The normalized spacial score (nSPS) is 12.6. The second-order valence-corrected chi connectivity index (χ2v) is 6.55. The van der Waals surface area contributed by atoms with Gasteiger partial charge in [-0.3, -0.25) is 4.99 Å². The summed E-state index contributed by atoms with van der Waals surface area (Å²) in [5.41, 5.74) is 2.26. The van der Waals surface area contributed by atoms with Crippen molar-refractivity contribution in [2.75, 3.05) is 7.11 Å². The Morgan fingerprint density at radius 3 is 2.88 bits per heavy atom.